The van der Waals surface area contributed by atoms with Crippen LogP contribution in [0.25, 0.3) is 0 Å². The lowest BCUT2D eigenvalue weighted by Crippen LogP contribution is -1.85. The molecule has 1 aliphatic rings. The van der Waals surface area contributed by atoms with Gasteiger partial charge in [-0.1, -0.05) is 30.7 Å². The van der Waals surface area contributed by atoms with Crippen molar-refractivity contribution in [2.45, 2.75) is 26.7 Å². The van der Waals surface area contributed by atoms with Crippen LogP contribution in [-0.2, 0) is 4.79 Å². The number of carbonyl (C=O) groups is 1. The zero-order valence-electron chi connectivity index (χ0n) is 7.63. The molecule has 0 N–H and O–H groups in total. The van der Waals surface area contributed by atoms with Gasteiger partial charge in [-0.3, -0.25) is 4.79 Å². The first-order valence-electron chi connectivity index (χ1n) is 4.31. The molecule has 1 aliphatic carbocycles. The van der Waals surface area contributed by atoms with Crippen LogP contribution in [0.15, 0.2) is 34.9 Å². The molecule has 64 valence electrons. The molecule has 0 bridgehead atoms. The molecule has 0 saturated carbocycles. The lowest BCUT2D eigenvalue weighted by Gasteiger charge is -1.97. The summed E-state index contributed by atoms with van der Waals surface area (Å²) in [4.78, 5) is 10.6. The fourth-order valence-electron chi connectivity index (χ4n) is 1.31. The van der Waals surface area contributed by atoms with E-state index < -0.39 is 0 Å². The van der Waals surface area contributed by atoms with Gasteiger partial charge in [0, 0.05) is 5.57 Å². The van der Waals surface area contributed by atoms with Crippen molar-refractivity contribution in [2.75, 3.05) is 0 Å². The molecule has 0 atom stereocenters. The molecule has 0 aliphatic heterocycles. The van der Waals surface area contributed by atoms with Crippen LogP contribution in [0.5, 0.6) is 0 Å². The van der Waals surface area contributed by atoms with E-state index in [-0.39, 0.29) is 0 Å². The smallest absolute Gasteiger partial charge is 0.150 e. The molecule has 1 nitrogen and oxygen atoms in total. The van der Waals surface area contributed by atoms with Crippen molar-refractivity contribution in [3.63, 3.8) is 0 Å². The Hall–Kier alpha value is -1.11. The highest BCUT2D eigenvalue weighted by atomic mass is 16.1. The largest absolute Gasteiger partial charge is 0.298 e. The zero-order chi connectivity index (χ0) is 8.97. The Bertz CT molecular complexity index is 267. The van der Waals surface area contributed by atoms with Gasteiger partial charge < -0.3 is 0 Å². The summed E-state index contributed by atoms with van der Waals surface area (Å²) in [6, 6.07) is 0. The van der Waals surface area contributed by atoms with E-state index in [2.05, 4.69) is 19.1 Å². The van der Waals surface area contributed by atoms with E-state index in [0.717, 1.165) is 30.3 Å². The minimum Gasteiger partial charge on any atom is -0.298 e. The molecule has 12 heavy (non-hydrogen) atoms. The van der Waals surface area contributed by atoms with Crippen molar-refractivity contribution in [3.05, 3.63) is 34.9 Å². The van der Waals surface area contributed by atoms with Crippen LogP contribution in [0.3, 0.4) is 0 Å². The van der Waals surface area contributed by atoms with Gasteiger partial charge in [-0.2, -0.15) is 0 Å². The van der Waals surface area contributed by atoms with Crippen molar-refractivity contribution >= 4 is 6.29 Å². The predicted octanol–water partition coefficient (Wildman–Crippen LogP) is 2.80. The molecular formula is C11H14O. The average Bonchev–Trinajstić information content (AvgIpc) is 2.26. The highest BCUT2D eigenvalue weighted by Gasteiger charge is 2.01. The lowest BCUT2D eigenvalue weighted by molar-refractivity contribution is -0.104. The summed E-state index contributed by atoms with van der Waals surface area (Å²) in [5.74, 6) is 0. The van der Waals surface area contributed by atoms with Crippen LogP contribution < -0.4 is 0 Å². The number of hydrogen-bond donors (Lipinski definition) is 0. The monoisotopic (exact) mass is 162 g/mol. The third kappa shape index (κ3) is 1.94. The number of rotatable bonds is 2. The third-order valence-corrected chi connectivity index (χ3v) is 2.11. The van der Waals surface area contributed by atoms with Gasteiger partial charge in [0.05, 0.1) is 0 Å². The zero-order valence-corrected chi connectivity index (χ0v) is 7.63. The molecule has 1 rings (SSSR count). The van der Waals surface area contributed by atoms with Gasteiger partial charge in [0.15, 0.2) is 0 Å². The Kier molecular flexibility index (Phi) is 3.03. The van der Waals surface area contributed by atoms with E-state index in [0.29, 0.717) is 0 Å². The maximum absolute atomic E-state index is 10.6. The molecule has 0 aromatic heterocycles. The van der Waals surface area contributed by atoms with E-state index >= 15 is 0 Å². The molecule has 0 aromatic rings. The second-order valence-electron chi connectivity index (χ2n) is 2.97. The van der Waals surface area contributed by atoms with Crippen molar-refractivity contribution in [3.8, 4) is 0 Å². The second-order valence-corrected chi connectivity index (χ2v) is 2.97. The Morgan fingerprint density at radius 1 is 1.50 bits per heavy atom. The summed E-state index contributed by atoms with van der Waals surface area (Å²) in [7, 11) is 0. The molecular weight excluding hydrogens is 148 g/mol. The summed E-state index contributed by atoms with van der Waals surface area (Å²) < 4.78 is 0. The predicted molar refractivity (Wildman–Crippen MR) is 50.9 cm³/mol. The van der Waals surface area contributed by atoms with Crippen LogP contribution in [-0.4, -0.2) is 6.29 Å². The highest BCUT2D eigenvalue weighted by molar-refractivity contribution is 5.80. The SMILES string of the molecule is CCC1=CCC=C(C=O)C(C)=C1. The summed E-state index contributed by atoms with van der Waals surface area (Å²) in [6.45, 7) is 4.11. The van der Waals surface area contributed by atoms with Gasteiger partial charge in [-0.25, -0.2) is 0 Å². The Morgan fingerprint density at radius 2 is 2.25 bits per heavy atom. The van der Waals surface area contributed by atoms with Crippen molar-refractivity contribution in [1.29, 1.82) is 0 Å². The van der Waals surface area contributed by atoms with E-state index in [4.69, 9.17) is 0 Å². The normalized spacial score (nSPS) is 17.3. The average molecular weight is 162 g/mol. The summed E-state index contributed by atoms with van der Waals surface area (Å²) in [5, 5.41) is 0. The maximum atomic E-state index is 10.6. The van der Waals surface area contributed by atoms with Crippen LogP contribution >= 0.6 is 0 Å². The van der Waals surface area contributed by atoms with Crippen LogP contribution in [0.1, 0.15) is 26.7 Å². The van der Waals surface area contributed by atoms with Gasteiger partial charge in [0.2, 0.25) is 0 Å². The first-order chi connectivity index (χ1) is 5.77. The highest BCUT2D eigenvalue weighted by Crippen LogP contribution is 2.17. The molecule has 0 spiro atoms. The number of hydrogen-bond acceptors (Lipinski definition) is 1. The van der Waals surface area contributed by atoms with Crippen molar-refractivity contribution < 1.29 is 4.79 Å². The Balaban J connectivity index is 2.92. The van der Waals surface area contributed by atoms with E-state index in [1.54, 1.807) is 0 Å². The molecule has 0 heterocycles. The van der Waals surface area contributed by atoms with E-state index in [1.807, 2.05) is 13.0 Å². The minimum atomic E-state index is 0.828. The minimum absolute atomic E-state index is 0.828. The van der Waals surface area contributed by atoms with Crippen LogP contribution in [0.2, 0.25) is 0 Å². The fraction of sp³-hybridized carbons (Fsp3) is 0.364. The second kappa shape index (κ2) is 4.05. The van der Waals surface area contributed by atoms with Gasteiger partial charge >= 0.3 is 0 Å². The lowest BCUT2D eigenvalue weighted by atomic mass is 10.1. The van der Waals surface area contributed by atoms with Crippen molar-refractivity contribution in [1.82, 2.24) is 0 Å². The van der Waals surface area contributed by atoms with E-state index in [1.165, 1.54) is 5.57 Å². The van der Waals surface area contributed by atoms with Crippen LogP contribution in [0, 0.1) is 0 Å². The van der Waals surface area contributed by atoms with Gasteiger partial charge in [-0.05, 0) is 25.3 Å². The Labute approximate surface area is 73.5 Å². The van der Waals surface area contributed by atoms with Gasteiger partial charge in [0.25, 0.3) is 0 Å². The molecule has 0 aromatic carbocycles. The molecule has 0 fully saturated rings. The summed E-state index contributed by atoms with van der Waals surface area (Å²) in [6.07, 6.45) is 9.08. The number of allylic oxidation sites excluding steroid dienone is 6. The molecule has 0 unspecified atom stereocenters. The molecule has 0 radical (unpaired) electrons. The summed E-state index contributed by atoms with van der Waals surface area (Å²) in [5.41, 5.74) is 3.23. The topological polar surface area (TPSA) is 17.1 Å². The quantitative estimate of drug-likeness (QED) is 0.570. The van der Waals surface area contributed by atoms with Crippen molar-refractivity contribution in [2.24, 2.45) is 0 Å². The first-order valence-corrected chi connectivity index (χ1v) is 4.31. The Morgan fingerprint density at radius 3 is 2.83 bits per heavy atom. The standard InChI is InChI=1S/C11H14O/c1-3-10-5-4-6-11(8-12)9(2)7-10/h5-8H,3-4H2,1-2H3. The molecule has 0 amide bonds. The maximum Gasteiger partial charge on any atom is 0.150 e. The van der Waals surface area contributed by atoms with Crippen LogP contribution in [0.4, 0.5) is 0 Å². The molecule has 0 saturated heterocycles. The van der Waals surface area contributed by atoms with E-state index in [9.17, 15) is 4.79 Å². The molecule has 1 heteroatoms. The third-order valence-electron chi connectivity index (χ3n) is 2.11. The van der Waals surface area contributed by atoms with Gasteiger partial charge in [-0.15, -0.1) is 0 Å². The number of carbonyl (C=O) groups excluding carboxylic acids is 1. The number of aldehydes is 1. The first kappa shape index (κ1) is 8.98. The summed E-state index contributed by atoms with van der Waals surface area (Å²) >= 11 is 0. The van der Waals surface area contributed by atoms with Gasteiger partial charge in [0.1, 0.15) is 6.29 Å². The fourth-order valence-corrected chi connectivity index (χ4v) is 1.31.